The molecule has 1 fully saturated rings. The summed E-state index contributed by atoms with van der Waals surface area (Å²) >= 11 is 0. The van der Waals surface area contributed by atoms with Crippen molar-refractivity contribution in [1.82, 2.24) is 10.2 Å². The Morgan fingerprint density at radius 1 is 1.19 bits per heavy atom. The Hall–Kier alpha value is -1.00. The van der Waals surface area contributed by atoms with Crippen LogP contribution in [0.1, 0.15) is 11.1 Å². The second kappa shape index (κ2) is 4.89. The molecule has 0 unspecified atom stereocenters. The molecule has 0 aromatic heterocycles. The molecule has 1 N–H and O–H groups in total. The molecule has 1 saturated heterocycles. The van der Waals surface area contributed by atoms with Crippen molar-refractivity contribution in [2.75, 3.05) is 26.2 Å². The molecule has 0 aliphatic carbocycles. The van der Waals surface area contributed by atoms with Crippen molar-refractivity contribution < 1.29 is 8.78 Å². The van der Waals surface area contributed by atoms with Gasteiger partial charge in [0.2, 0.25) is 0 Å². The molecule has 0 bridgehead atoms. The monoisotopic (exact) mass is 226 g/mol. The molecular formula is C12H16F2N2. The summed E-state index contributed by atoms with van der Waals surface area (Å²) in [7, 11) is 0. The lowest BCUT2D eigenvalue weighted by Crippen LogP contribution is -2.43. The average Bonchev–Trinajstić information content (AvgIpc) is 2.27. The van der Waals surface area contributed by atoms with Gasteiger partial charge in [0.05, 0.1) is 0 Å². The number of nitrogens with one attached hydrogen (secondary N) is 1. The second-order valence-corrected chi connectivity index (χ2v) is 4.22. The zero-order valence-corrected chi connectivity index (χ0v) is 9.39. The van der Waals surface area contributed by atoms with Crippen LogP contribution >= 0.6 is 0 Å². The standard InChI is InChI=1S/C12H16F2N2/c1-9-6-12(14)10(7-11(9)13)8-16-4-2-15-3-5-16/h6-7,15H,2-5,8H2,1H3. The highest BCUT2D eigenvalue weighted by molar-refractivity contribution is 5.25. The van der Waals surface area contributed by atoms with E-state index >= 15 is 0 Å². The second-order valence-electron chi connectivity index (χ2n) is 4.22. The van der Waals surface area contributed by atoms with Crippen LogP contribution in [0.3, 0.4) is 0 Å². The smallest absolute Gasteiger partial charge is 0.128 e. The Bertz CT molecular complexity index is 374. The third kappa shape index (κ3) is 2.57. The lowest BCUT2D eigenvalue weighted by molar-refractivity contribution is 0.230. The van der Waals surface area contributed by atoms with Crippen molar-refractivity contribution in [3.63, 3.8) is 0 Å². The number of hydrogen-bond donors (Lipinski definition) is 1. The number of rotatable bonds is 2. The highest BCUT2D eigenvalue weighted by Gasteiger charge is 2.13. The molecule has 1 aliphatic heterocycles. The summed E-state index contributed by atoms with van der Waals surface area (Å²) in [5, 5.41) is 3.23. The normalized spacial score (nSPS) is 17.7. The van der Waals surface area contributed by atoms with Gasteiger partial charge in [0.1, 0.15) is 11.6 Å². The van der Waals surface area contributed by atoms with Crippen molar-refractivity contribution in [2.24, 2.45) is 0 Å². The molecule has 0 radical (unpaired) electrons. The van der Waals surface area contributed by atoms with Crippen LogP contribution in [0.2, 0.25) is 0 Å². The van der Waals surface area contributed by atoms with E-state index in [-0.39, 0.29) is 11.6 Å². The van der Waals surface area contributed by atoms with E-state index in [2.05, 4.69) is 10.2 Å². The number of piperazine rings is 1. The summed E-state index contributed by atoms with van der Waals surface area (Å²) in [5.41, 5.74) is 0.812. The van der Waals surface area contributed by atoms with Crippen LogP contribution in [-0.2, 0) is 6.54 Å². The summed E-state index contributed by atoms with van der Waals surface area (Å²) in [5.74, 6) is -0.635. The van der Waals surface area contributed by atoms with Gasteiger partial charge in [0, 0.05) is 38.3 Å². The van der Waals surface area contributed by atoms with E-state index < -0.39 is 0 Å². The molecule has 16 heavy (non-hydrogen) atoms. The van der Waals surface area contributed by atoms with Crippen molar-refractivity contribution in [3.05, 3.63) is 34.9 Å². The molecule has 1 heterocycles. The van der Waals surface area contributed by atoms with Gasteiger partial charge in [-0.05, 0) is 24.6 Å². The maximum Gasteiger partial charge on any atom is 0.128 e. The Morgan fingerprint density at radius 2 is 1.88 bits per heavy atom. The topological polar surface area (TPSA) is 15.3 Å². The maximum absolute atomic E-state index is 13.6. The fourth-order valence-electron chi connectivity index (χ4n) is 1.92. The highest BCUT2D eigenvalue weighted by atomic mass is 19.1. The fourth-order valence-corrected chi connectivity index (χ4v) is 1.92. The summed E-state index contributed by atoms with van der Waals surface area (Å²) in [6, 6.07) is 2.58. The van der Waals surface area contributed by atoms with Gasteiger partial charge in [-0.25, -0.2) is 8.78 Å². The molecule has 88 valence electrons. The summed E-state index contributed by atoms with van der Waals surface area (Å²) in [4.78, 5) is 2.13. The summed E-state index contributed by atoms with van der Waals surface area (Å²) in [6.45, 7) is 5.66. The quantitative estimate of drug-likeness (QED) is 0.825. The van der Waals surface area contributed by atoms with Crippen LogP contribution in [0.25, 0.3) is 0 Å². The van der Waals surface area contributed by atoms with Crippen molar-refractivity contribution >= 4 is 0 Å². The van der Waals surface area contributed by atoms with Crippen LogP contribution in [0.4, 0.5) is 8.78 Å². The van der Waals surface area contributed by atoms with E-state index in [0.29, 0.717) is 17.7 Å². The molecule has 4 heteroatoms. The van der Waals surface area contributed by atoms with Gasteiger partial charge in [-0.15, -0.1) is 0 Å². The summed E-state index contributed by atoms with van der Waals surface area (Å²) < 4.78 is 26.9. The number of halogens is 2. The van der Waals surface area contributed by atoms with Gasteiger partial charge in [-0.3, -0.25) is 4.90 Å². The number of aryl methyl sites for hydroxylation is 1. The average molecular weight is 226 g/mol. The van der Waals surface area contributed by atoms with E-state index in [1.165, 1.54) is 12.1 Å². The van der Waals surface area contributed by atoms with Crippen LogP contribution in [0.15, 0.2) is 12.1 Å². The third-order valence-corrected chi connectivity index (χ3v) is 2.93. The Balaban J connectivity index is 2.11. The fraction of sp³-hybridized carbons (Fsp3) is 0.500. The number of benzene rings is 1. The largest absolute Gasteiger partial charge is 0.314 e. The predicted molar refractivity (Wildman–Crippen MR) is 59.2 cm³/mol. The Labute approximate surface area is 94.3 Å². The molecule has 0 spiro atoms. The molecule has 2 nitrogen and oxygen atoms in total. The van der Waals surface area contributed by atoms with Gasteiger partial charge < -0.3 is 5.32 Å². The SMILES string of the molecule is Cc1cc(F)c(CN2CCNCC2)cc1F. The first kappa shape index (κ1) is 11.5. The minimum atomic E-state index is -0.327. The Kier molecular flexibility index (Phi) is 3.51. The van der Waals surface area contributed by atoms with E-state index in [0.717, 1.165) is 26.2 Å². The van der Waals surface area contributed by atoms with Crippen molar-refractivity contribution in [2.45, 2.75) is 13.5 Å². The molecule has 0 atom stereocenters. The van der Waals surface area contributed by atoms with Gasteiger partial charge >= 0.3 is 0 Å². The molecule has 0 saturated carbocycles. The van der Waals surface area contributed by atoms with Crippen LogP contribution in [-0.4, -0.2) is 31.1 Å². The van der Waals surface area contributed by atoms with E-state index in [1.807, 2.05) is 0 Å². The van der Waals surface area contributed by atoms with Gasteiger partial charge in [0.25, 0.3) is 0 Å². The molecule has 1 aliphatic rings. The lowest BCUT2D eigenvalue weighted by Gasteiger charge is -2.27. The zero-order chi connectivity index (χ0) is 11.5. The van der Waals surface area contributed by atoms with Gasteiger partial charge in [0.15, 0.2) is 0 Å². The predicted octanol–water partition coefficient (Wildman–Crippen LogP) is 1.68. The molecule has 2 rings (SSSR count). The first-order valence-corrected chi connectivity index (χ1v) is 5.54. The van der Waals surface area contributed by atoms with E-state index in [1.54, 1.807) is 6.92 Å². The highest BCUT2D eigenvalue weighted by Crippen LogP contribution is 2.16. The van der Waals surface area contributed by atoms with Crippen LogP contribution < -0.4 is 5.32 Å². The third-order valence-electron chi connectivity index (χ3n) is 2.93. The van der Waals surface area contributed by atoms with E-state index in [4.69, 9.17) is 0 Å². The van der Waals surface area contributed by atoms with Gasteiger partial charge in [-0.1, -0.05) is 0 Å². The molecule has 1 aromatic rings. The van der Waals surface area contributed by atoms with Gasteiger partial charge in [-0.2, -0.15) is 0 Å². The molecular weight excluding hydrogens is 210 g/mol. The minimum Gasteiger partial charge on any atom is -0.314 e. The first-order chi connectivity index (χ1) is 7.66. The van der Waals surface area contributed by atoms with Crippen LogP contribution in [0.5, 0.6) is 0 Å². The number of hydrogen-bond acceptors (Lipinski definition) is 2. The van der Waals surface area contributed by atoms with E-state index in [9.17, 15) is 8.78 Å². The zero-order valence-electron chi connectivity index (χ0n) is 9.39. The van der Waals surface area contributed by atoms with Crippen LogP contribution in [0, 0.1) is 18.6 Å². The first-order valence-electron chi connectivity index (χ1n) is 5.54. The van der Waals surface area contributed by atoms with Crippen molar-refractivity contribution in [3.8, 4) is 0 Å². The maximum atomic E-state index is 13.6. The van der Waals surface area contributed by atoms with Crippen molar-refractivity contribution in [1.29, 1.82) is 0 Å². The number of nitrogens with zero attached hydrogens (tertiary/aromatic N) is 1. The molecule has 0 amide bonds. The minimum absolute atomic E-state index is 0.308. The summed E-state index contributed by atoms with van der Waals surface area (Å²) in [6.07, 6.45) is 0. The molecule has 1 aromatic carbocycles. The lowest BCUT2D eigenvalue weighted by atomic mass is 10.1. The Morgan fingerprint density at radius 3 is 2.56 bits per heavy atom.